The molecule has 0 spiro atoms. The van der Waals surface area contributed by atoms with E-state index in [1.54, 1.807) is 29.7 Å². The minimum Gasteiger partial charge on any atom is -0.337 e. The molecule has 1 N–H and O–H groups in total. The summed E-state index contributed by atoms with van der Waals surface area (Å²) in [5, 5.41) is 1.99. The first-order valence-electron chi connectivity index (χ1n) is 5.18. The second-order valence-electron chi connectivity index (χ2n) is 3.60. The molecule has 0 radical (unpaired) electrons. The molecule has 2 heterocycles. The molecule has 0 aliphatic heterocycles. The standard InChI is InChI=1S/C13H9FN2S/c14-10-5-2-1-4-9(10)11-8-15-13(16-11)12-6-3-7-17-12/h1-8H,(H,15,16). The van der Waals surface area contributed by atoms with E-state index in [1.807, 2.05) is 23.6 Å². The average Bonchev–Trinajstić information content (AvgIpc) is 3.00. The molecule has 17 heavy (non-hydrogen) atoms. The predicted octanol–water partition coefficient (Wildman–Crippen LogP) is 3.94. The van der Waals surface area contributed by atoms with Gasteiger partial charge >= 0.3 is 0 Å². The van der Waals surface area contributed by atoms with E-state index in [9.17, 15) is 4.39 Å². The number of aromatic amines is 1. The first-order valence-corrected chi connectivity index (χ1v) is 6.06. The van der Waals surface area contributed by atoms with Crippen LogP contribution in [0.5, 0.6) is 0 Å². The number of rotatable bonds is 2. The van der Waals surface area contributed by atoms with Crippen LogP contribution in [0, 0.1) is 5.82 Å². The van der Waals surface area contributed by atoms with E-state index < -0.39 is 0 Å². The summed E-state index contributed by atoms with van der Waals surface area (Å²) in [6, 6.07) is 10.6. The second kappa shape index (κ2) is 4.14. The zero-order valence-electron chi connectivity index (χ0n) is 8.85. The second-order valence-corrected chi connectivity index (χ2v) is 4.55. The molecule has 1 aromatic carbocycles. The molecule has 0 aliphatic carbocycles. The van der Waals surface area contributed by atoms with Crippen molar-refractivity contribution in [1.29, 1.82) is 0 Å². The number of halogens is 1. The summed E-state index contributed by atoms with van der Waals surface area (Å²) >= 11 is 1.60. The quantitative estimate of drug-likeness (QED) is 0.726. The summed E-state index contributed by atoms with van der Waals surface area (Å²) in [5.74, 6) is 0.534. The van der Waals surface area contributed by atoms with Gasteiger partial charge in [0.05, 0.1) is 16.8 Å². The van der Waals surface area contributed by atoms with Gasteiger partial charge in [0, 0.05) is 5.56 Å². The molecule has 0 bridgehead atoms. The maximum Gasteiger partial charge on any atom is 0.147 e. The molecule has 0 unspecified atom stereocenters. The maximum absolute atomic E-state index is 13.6. The van der Waals surface area contributed by atoms with Gasteiger partial charge in [-0.25, -0.2) is 9.37 Å². The van der Waals surface area contributed by atoms with Crippen LogP contribution >= 0.6 is 11.3 Å². The molecular formula is C13H9FN2S. The topological polar surface area (TPSA) is 28.7 Å². The van der Waals surface area contributed by atoms with E-state index in [0.29, 0.717) is 11.3 Å². The maximum atomic E-state index is 13.6. The lowest BCUT2D eigenvalue weighted by Crippen LogP contribution is -1.83. The van der Waals surface area contributed by atoms with Crippen LogP contribution in [-0.2, 0) is 0 Å². The molecule has 4 heteroatoms. The van der Waals surface area contributed by atoms with E-state index in [-0.39, 0.29) is 5.82 Å². The first-order chi connectivity index (χ1) is 8.34. The molecule has 0 saturated heterocycles. The smallest absolute Gasteiger partial charge is 0.147 e. The zero-order valence-corrected chi connectivity index (χ0v) is 9.67. The zero-order chi connectivity index (χ0) is 11.7. The molecule has 3 aromatic rings. The lowest BCUT2D eigenvalue weighted by atomic mass is 10.1. The Morgan fingerprint density at radius 1 is 1.12 bits per heavy atom. The summed E-state index contributed by atoms with van der Waals surface area (Å²) in [6.45, 7) is 0. The van der Waals surface area contributed by atoms with Gasteiger partial charge < -0.3 is 4.98 Å². The Bertz CT molecular complexity index is 628. The van der Waals surface area contributed by atoms with Crippen LogP contribution in [0.25, 0.3) is 22.0 Å². The highest BCUT2D eigenvalue weighted by Gasteiger charge is 2.08. The van der Waals surface area contributed by atoms with Crippen molar-refractivity contribution < 1.29 is 4.39 Å². The number of hydrogen-bond acceptors (Lipinski definition) is 2. The third-order valence-corrected chi connectivity index (χ3v) is 3.37. The highest BCUT2D eigenvalue weighted by atomic mass is 32.1. The van der Waals surface area contributed by atoms with E-state index in [4.69, 9.17) is 0 Å². The van der Waals surface area contributed by atoms with Crippen LogP contribution in [-0.4, -0.2) is 9.97 Å². The lowest BCUT2D eigenvalue weighted by Gasteiger charge is -1.98. The summed E-state index contributed by atoms with van der Waals surface area (Å²) in [5.41, 5.74) is 1.24. The van der Waals surface area contributed by atoms with Crippen molar-refractivity contribution in [2.75, 3.05) is 0 Å². The van der Waals surface area contributed by atoms with Crippen molar-refractivity contribution in [2.45, 2.75) is 0 Å². The Morgan fingerprint density at radius 2 is 2.00 bits per heavy atom. The highest BCUT2D eigenvalue weighted by molar-refractivity contribution is 7.13. The van der Waals surface area contributed by atoms with Crippen molar-refractivity contribution in [3.05, 3.63) is 53.8 Å². The fourth-order valence-electron chi connectivity index (χ4n) is 1.68. The van der Waals surface area contributed by atoms with E-state index in [2.05, 4.69) is 9.97 Å². The molecule has 2 nitrogen and oxygen atoms in total. The van der Waals surface area contributed by atoms with Gasteiger partial charge in [-0.05, 0) is 23.6 Å². The molecule has 84 valence electrons. The normalized spacial score (nSPS) is 10.6. The van der Waals surface area contributed by atoms with Crippen LogP contribution in [0.1, 0.15) is 0 Å². The predicted molar refractivity (Wildman–Crippen MR) is 67.3 cm³/mol. The summed E-state index contributed by atoms with van der Waals surface area (Å²) in [4.78, 5) is 8.45. The number of H-pyrrole nitrogens is 1. The molecule has 2 aromatic heterocycles. The molecule has 3 rings (SSSR count). The fraction of sp³-hybridized carbons (Fsp3) is 0. The van der Waals surface area contributed by atoms with Crippen LogP contribution in [0.2, 0.25) is 0 Å². The van der Waals surface area contributed by atoms with E-state index >= 15 is 0 Å². The monoisotopic (exact) mass is 244 g/mol. The van der Waals surface area contributed by atoms with Gasteiger partial charge in [0.15, 0.2) is 0 Å². The Hall–Kier alpha value is -1.94. The molecule has 0 amide bonds. The minimum atomic E-state index is -0.242. The van der Waals surface area contributed by atoms with Gasteiger partial charge in [0.25, 0.3) is 0 Å². The van der Waals surface area contributed by atoms with Crippen molar-refractivity contribution in [1.82, 2.24) is 9.97 Å². The first kappa shape index (κ1) is 10.2. The third kappa shape index (κ3) is 1.87. The Kier molecular flexibility index (Phi) is 2.49. The molecular weight excluding hydrogens is 235 g/mol. The third-order valence-electron chi connectivity index (χ3n) is 2.49. The van der Waals surface area contributed by atoms with Crippen LogP contribution < -0.4 is 0 Å². The van der Waals surface area contributed by atoms with Gasteiger partial charge in [-0.1, -0.05) is 18.2 Å². The Morgan fingerprint density at radius 3 is 2.76 bits per heavy atom. The van der Waals surface area contributed by atoms with Crippen LogP contribution in [0.15, 0.2) is 48.0 Å². The van der Waals surface area contributed by atoms with E-state index in [1.165, 1.54) is 6.07 Å². The van der Waals surface area contributed by atoms with Gasteiger partial charge in [0.1, 0.15) is 11.6 Å². The molecule has 0 atom stereocenters. The lowest BCUT2D eigenvalue weighted by molar-refractivity contribution is 0.631. The van der Waals surface area contributed by atoms with Gasteiger partial charge in [-0.15, -0.1) is 11.3 Å². The Labute approximate surface area is 102 Å². The minimum absolute atomic E-state index is 0.242. The van der Waals surface area contributed by atoms with Crippen molar-refractivity contribution >= 4 is 11.3 Å². The largest absolute Gasteiger partial charge is 0.337 e. The number of nitrogens with one attached hydrogen (secondary N) is 1. The number of benzene rings is 1. The highest BCUT2D eigenvalue weighted by Crippen LogP contribution is 2.26. The molecule has 0 fully saturated rings. The fourth-order valence-corrected chi connectivity index (χ4v) is 2.35. The summed E-state index contributed by atoms with van der Waals surface area (Å²) in [6.07, 6.45) is 1.66. The van der Waals surface area contributed by atoms with Crippen LogP contribution in [0.4, 0.5) is 4.39 Å². The summed E-state index contributed by atoms with van der Waals surface area (Å²) in [7, 11) is 0. The molecule has 0 aliphatic rings. The summed E-state index contributed by atoms with van der Waals surface area (Å²) < 4.78 is 13.6. The number of aromatic nitrogens is 2. The Balaban J connectivity index is 2.04. The number of hydrogen-bond donors (Lipinski definition) is 1. The average molecular weight is 244 g/mol. The van der Waals surface area contributed by atoms with Crippen molar-refractivity contribution in [3.63, 3.8) is 0 Å². The molecule has 0 saturated carbocycles. The van der Waals surface area contributed by atoms with Gasteiger partial charge in [0.2, 0.25) is 0 Å². The number of thiophene rings is 1. The number of nitrogens with zero attached hydrogens (tertiary/aromatic N) is 1. The van der Waals surface area contributed by atoms with Crippen molar-refractivity contribution in [2.24, 2.45) is 0 Å². The number of imidazole rings is 1. The van der Waals surface area contributed by atoms with Crippen molar-refractivity contribution in [3.8, 4) is 22.0 Å². The van der Waals surface area contributed by atoms with Gasteiger partial charge in [-0.3, -0.25) is 0 Å². The van der Waals surface area contributed by atoms with E-state index in [0.717, 1.165) is 10.7 Å². The SMILES string of the molecule is Fc1ccccc1-c1cnc(-c2cccs2)[nH]1. The van der Waals surface area contributed by atoms with Gasteiger partial charge in [-0.2, -0.15) is 0 Å². The van der Waals surface area contributed by atoms with Crippen LogP contribution in [0.3, 0.4) is 0 Å².